The lowest BCUT2D eigenvalue weighted by Crippen LogP contribution is -2.57. The number of aliphatic hydroxyl groups is 1. The van der Waals surface area contributed by atoms with Gasteiger partial charge in [0.25, 0.3) is 5.91 Å². The molecule has 7 atom stereocenters. The predicted molar refractivity (Wildman–Crippen MR) is 150 cm³/mol. The summed E-state index contributed by atoms with van der Waals surface area (Å²) in [5.41, 5.74) is 1.41. The first-order valence-corrected chi connectivity index (χ1v) is 14.6. The van der Waals surface area contributed by atoms with Gasteiger partial charge in [-0.3, -0.25) is 9.59 Å². The summed E-state index contributed by atoms with van der Waals surface area (Å²) in [6.07, 6.45) is 9.33. The number of Topliss-reactive ketones (excluding diaryl/α,β-unsaturated/α-hetero) is 1. The lowest BCUT2D eigenvalue weighted by atomic mass is 9.46. The van der Waals surface area contributed by atoms with Gasteiger partial charge in [0.15, 0.2) is 18.4 Å². The van der Waals surface area contributed by atoms with Crippen LogP contribution < -0.4 is 5.32 Å². The molecule has 2 N–H and O–H groups in total. The number of carbonyl (C=O) groups excluding carboxylic acids is 3. The van der Waals surface area contributed by atoms with Crippen molar-refractivity contribution in [3.63, 3.8) is 0 Å². The Balaban J connectivity index is 1.23. The number of benzene rings is 1. The van der Waals surface area contributed by atoms with Crippen LogP contribution in [0.3, 0.4) is 0 Å². The summed E-state index contributed by atoms with van der Waals surface area (Å²) < 4.78 is 4.86. The molecule has 0 saturated heterocycles. The van der Waals surface area contributed by atoms with Crippen LogP contribution in [0.5, 0.6) is 0 Å². The topological polar surface area (TPSA) is 114 Å². The third-order valence-electron chi connectivity index (χ3n) is 11.0. The molecule has 0 spiro atoms. The fourth-order valence-corrected chi connectivity index (χ4v) is 8.66. The summed E-state index contributed by atoms with van der Waals surface area (Å²) >= 11 is 0. The highest BCUT2D eigenvalue weighted by Crippen LogP contribution is 2.67. The van der Waals surface area contributed by atoms with Crippen molar-refractivity contribution >= 4 is 23.4 Å². The van der Waals surface area contributed by atoms with E-state index in [9.17, 15) is 19.5 Å². The van der Waals surface area contributed by atoms with Gasteiger partial charge >= 0.3 is 5.97 Å². The van der Waals surface area contributed by atoms with E-state index in [1.165, 1.54) is 12.7 Å². The summed E-state index contributed by atoms with van der Waals surface area (Å²) in [4.78, 5) is 42.7. The minimum atomic E-state index is -1.19. The highest BCUT2D eigenvalue weighted by atomic mass is 16.6. The minimum absolute atomic E-state index is 0.0704. The van der Waals surface area contributed by atoms with E-state index in [-0.39, 0.29) is 23.2 Å². The van der Waals surface area contributed by atoms with Crippen molar-refractivity contribution in [2.75, 3.05) is 13.7 Å². The number of ketones is 1. The normalized spacial score (nSPS) is 36.4. The average Bonchev–Trinajstić information content (AvgIpc) is 3.23. The number of nitrogens with zero attached hydrogens (tertiary/aromatic N) is 1. The van der Waals surface area contributed by atoms with Crippen LogP contribution in [0.15, 0.2) is 47.1 Å². The Labute approximate surface area is 236 Å². The molecule has 0 aliphatic heterocycles. The SMILES string of the molecule is COC(=O)[C@H](NC(=O)CO/N=C1/C=C2CC[C@H]3[C@H]4CC[C@](O)(C(C)=O)[C@]4(C)CC[C@@H]3[C@@]2(C)CC1)c1ccccc1. The zero-order valence-corrected chi connectivity index (χ0v) is 24.1. The van der Waals surface area contributed by atoms with Gasteiger partial charge in [-0.1, -0.05) is 54.9 Å². The summed E-state index contributed by atoms with van der Waals surface area (Å²) in [6.45, 7) is 5.79. The number of fused-ring (bicyclic) bond motifs is 5. The number of oxime groups is 1. The van der Waals surface area contributed by atoms with Gasteiger partial charge in [-0.25, -0.2) is 4.79 Å². The molecule has 1 aromatic rings. The van der Waals surface area contributed by atoms with E-state index in [0.29, 0.717) is 29.7 Å². The number of amides is 1. The number of hydrogen-bond donors (Lipinski definition) is 2. The van der Waals surface area contributed by atoms with Crippen LogP contribution in [0.4, 0.5) is 0 Å². The van der Waals surface area contributed by atoms with Gasteiger partial charge in [0.05, 0.1) is 12.8 Å². The molecule has 0 heterocycles. The van der Waals surface area contributed by atoms with E-state index < -0.39 is 23.5 Å². The predicted octanol–water partition coefficient (Wildman–Crippen LogP) is 4.67. The van der Waals surface area contributed by atoms with Crippen molar-refractivity contribution in [1.29, 1.82) is 0 Å². The van der Waals surface area contributed by atoms with Gasteiger partial charge in [0.2, 0.25) is 0 Å². The van der Waals surface area contributed by atoms with Crippen molar-refractivity contribution in [2.24, 2.45) is 33.7 Å². The Morgan fingerprint density at radius 3 is 2.48 bits per heavy atom. The zero-order chi connectivity index (χ0) is 28.7. The van der Waals surface area contributed by atoms with Crippen molar-refractivity contribution < 1.29 is 29.1 Å². The number of hydrogen-bond acceptors (Lipinski definition) is 7. The van der Waals surface area contributed by atoms with Crippen molar-refractivity contribution in [1.82, 2.24) is 5.32 Å². The minimum Gasteiger partial charge on any atom is -0.467 e. The van der Waals surface area contributed by atoms with Crippen LogP contribution in [0.25, 0.3) is 0 Å². The Bertz CT molecular complexity index is 1230. The van der Waals surface area contributed by atoms with Crippen LogP contribution in [0.2, 0.25) is 0 Å². The fourth-order valence-electron chi connectivity index (χ4n) is 8.66. The summed E-state index contributed by atoms with van der Waals surface area (Å²) in [5, 5.41) is 18.3. The van der Waals surface area contributed by atoms with E-state index in [1.54, 1.807) is 31.2 Å². The number of ether oxygens (including phenoxy) is 1. The highest BCUT2D eigenvalue weighted by molar-refractivity contribution is 5.96. The molecule has 4 aliphatic carbocycles. The number of esters is 1. The standard InChI is InChI=1S/C32H42N2O6/c1-20(35)32(38)17-14-26-24-11-10-22-18-23(12-15-30(22,2)25(24)13-16-31(26,32)3)34-40-19-27(36)33-28(29(37)39-4)21-8-6-5-7-9-21/h5-9,18,24-26,28,38H,10-17,19H2,1-4H3,(H,33,36)/b34-23+/t24-,25+,26-,28-,30+,31-,32+/m1/s1. The molecule has 0 unspecified atom stereocenters. The molecule has 216 valence electrons. The Morgan fingerprint density at radius 1 is 1.05 bits per heavy atom. The van der Waals surface area contributed by atoms with Gasteiger partial charge in [-0.15, -0.1) is 0 Å². The second-order valence-corrected chi connectivity index (χ2v) is 12.7. The van der Waals surface area contributed by atoms with Gasteiger partial charge in [-0.05, 0) is 93.1 Å². The van der Waals surface area contributed by atoms with E-state index in [2.05, 4.69) is 30.4 Å². The summed E-state index contributed by atoms with van der Waals surface area (Å²) in [6, 6.07) is 8.03. The number of allylic oxidation sites excluding steroid dienone is 2. The van der Waals surface area contributed by atoms with Crippen molar-refractivity contribution in [3.8, 4) is 0 Å². The van der Waals surface area contributed by atoms with Crippen LogP contribution in [0.1, 0.15) is 83.7 Å². The first kappa shape index (κ1) is 28.5. The van der Waals surface area contributed by atoms with Crippen LogP contribution >= 0.6 is 0 Å². The molecule has 3 fully saturated rings. The first-order valence-electron chi connectivity index (χ1n) is 14.6. The third-order valence-corrected chi connectivity index (χ3v) is 11.0. The van der Waals surface area contributed by atoms with Gasteiger partial charge in [0, 0.05) is 5.41 Å². The molecular weight excluding hydrogens is 508 g/mol. The maximum atomic E-state index is 12.6. The molecule has 1 amide bonds. The van der Waals surface area contributed by atoms with Gasteiger partial charge in [0.1, 0.15) is 5.60 Å². The molecule has 8 heteroatoms. The smallest absolute Gasteiger partial charge is 0.333 e. The molecule has 0 bridgehead atoms. The fraction of sp³-hybridized carbons (Fsp3) is 0.625. The second kappa shape index (κ2) is 10.8. The summed E-state index contributed by atoms with van der Waals surface area (Å²) in [7, 11) is 1.29. The van der Waals surface area contributed by atoms with Crippen LogP contribution in [0, 0.1) is 28.6 Å². The van der Waals surface area contributed by atoms with Crippen LogP contribution in [-0.2, 0) is 24.0 Å². The molecule has 8 nitrogen and oxygen atoms in total. The van der Waals surface area contributed by atoms with E-state index in [1.807, 2.05) is 6.07 Å². The maximum Gasteiger partial charge on any atom is 0.333 e. The molecule has 1 aromatic carbocycles. The van der Waals surface area contributed by atoms with Crippen molar-refractivity contribution in [3.05, 3.63) is 47.5 Å². The lowest BCUT2D eigenvalue weighted by molar-refractivity contribution is -0.159. The van der Waals surface area contributed by atoms with E-state index >= 15 is 0 Å². The van der Waals surface area contributed by atoms with Gasteiger partial charge in [-0.2, -0.15) is 0 Å². The molecule has 0 aromatic heterocycles. The highest BCUT2D eigenvalue weighted by Gasteiger charge is 2.65. The lowest BCUT2D eigenvalue weighted by Gasteiger charge is -2.59. The number of rotatable bonds is 7. The molecule has 3 saturated carbocycles. The van der Waals surface area contributed by atoms with E-state index in [0.717, 1.165) is 50.7 Å². The maximum absolute atomic E-state index is 12.6. The average molecular weight is 551 g/mol. The molecule has 40 heavy (non-hydrogen) atoms. The number of carbonyl (C=O) groups is 3. The molecule has 0 radical (unpaired) electrons. The largest absolute Gasteiger partial charge is 0.467 e. The number of nitrogens with one attached hydrogen (secondary N) is 1. The number of methoxy groups -OCH3 is 1. The summed E-state index contributed by atoms with van der Waals surface area (Å²) in [5.74, 6) is 0.336. The van der Waals surface area contributed by atoms with Gasteiger partial charge < -0.3 is 20.0 Å². The quantitative estimate of drug-likeness (QED) is 0.377. The van der Waals surface area contributed by atoms with Crippen molar-refractivity contribution in [2.45, 2.75) is 83.8 Å². The third kappa shape index (κ3) is 4.68. The molecular formula is C32H42N2O6. The Morgan fingerprint density at radius 2 is 1.77 bits per heavy atom. The molecule has 4 aliphatic rings. The first-order chi connectivity index (χ1) is 19.0. The van der Waals surface area contributed by atoms with Crippen LogP contribution in [-0.4, -0.2) is 47.8 Å². The zero-order valence-electron chi connectivity index (χ0n) is 24.1. The Hall–Kier alpha value is -3.00. The Kier molecular flexibility index (Phi) is 7.68. The monoisotopic (exact) mass is 550 g/mol. The second-order valence-electron chi connectivity index (χ2n) is 12.7. The molecule has 5 rings (SSSR count). The van der Waals surface area contributed by atoms with E-state index in [4.69, 9.17) is 9.57 Å².